The SMILES string of the molecule is CC(C)[SiH](Cc1ccc(-c2ccccc2C#N)cc1)C(C)C. The fraction of sp³-hybridized carbons (Fsp3) is 0.350. The van der Waals surface area contributed by atoms with Gasteiger partial charge in [-0.2, -0.15) is 5.26 Å². The fourth-order valence-corrected chi connectivity index (χ4v) is 6.47. The van der Waals surface area contributed by atoms with Crippen LogP contribution in [0.15, 0.2) is 48.5 Å². The summed E-state index contributed by atoms with van der Waals surface area (Å²) in [6.45, 7) is 9.48. The highest BCUT2D eigenvalue weighted by atomic mass is 28.3. The smallest absolute Gasteiger partial charge is 0.0998 e. The lowest BCUT2D eigenvalue weighted by Crippen LogP contribution is -2.24. The van der Waals surface area contributed by atoms with E-state index in [2.05, 4.69) is 58.0 Å². The first kappa shape index (κ1) is 16.5. The number of rotatable bonds is 5. The zero-order valence-electron chi connectivity index (χ0n) is 14.0. The van der Waals surface area contributed by atoms with Crippen molar-refractivity contribution in [3.8, 4) is 17.2 Å². The van der Waals surface area contributed by atoms with Crippen molar-refractivity contribution in [1.82, 2.24) is 0 Å². The molecule has 0 aliphatic carbocycles. The third-order valence-corrected chi connectivity index (χ3v) is 8.86. The van der Waals surface area contributed by atoms with Crippen molar-refractivity contribution in [2.24, 2.45) is 0 Å². The number of nitrogens with zero attached hydrogens (tertiary/aromatic N) is 1. The van der Waals surface area contributed by atoms with Gasteiger partial charge in [0, 0.05) is 8.80 Å². The normalized spacial score (nSPS) is 11.2. The highest BCUT2D eigenvalue weighted by Gasteiger charge is 2.19. The molecule has 0 saturated heterocycles. The van der Waals surface area contributed by atoms with Crippen molar-refractivity contribution in [1.29, 1.82) is 5.26 Å². The van der Waals surface area contributed by atoms with E-state index in [4.69, 9.17) is 0 Å². The van der Waals surface area contributed by atoms with Gasteiger partial charge >= 0.3 is 0 Å². The van der Waals surface area contributed by atoms with Crippen molar-refractivity contribution in [3.63, 3.8) is 0 Å². The monoisotopic (exact) mass is 307 g/mol. The maximum Gasteiger partial charge on any atom is 0.0998 e. The summed E-state index contributed by atoms with van der Waals surface area (Å²) in [5.41, 5.74) is 6.01. The lowest BCUT2D eigenvalue weighted by molar-refractivity contribution is 0.919. The van der Waals surface area contributed by atoms with E-state index < -0.39 is 8.80 Å². The predicted octanol–water partition coefficient (Wildman–Crippen LogP) is 5.35. The molecule has 0 fully saturated rings. The summed E-state index contributed by atoms with van der Waals surface area (Å²) in [7, 11) is -0.765. The molecule has 1 nitrogen and oxygen atoms in total. The topological polar surface area (TPSA) is 23.8 Å². The van der Waals surface area contributed by atoms with Crippen LogP contribution in [0.3, 0.4) is 0 Å². The molecule has 0 heterocycles. The Morgan fingerprint density at radius 1 is 0.909 bits per heavy atom. The molecule has 0 atom stereocenters. The summed E-state index contributed by atoms with van der Waals surface area (Å²) >= 11 is 0. The molecule has 114 valence electrons. The van der Waals surface area contributed by atoms with Crippen LogP contribution >= 0.6 is 0 Å². The van der Waals surface area contributed by atoms with Crippen LogP contribution < -0.4 is 0 Å². The Kier molecular flexibility index (Phi) is 5.57. The van der Waals surface area contributed by atoms with Gasteiger partial charge in [-0.05, 0) is 23.2 Å². The molecule has 0 aliphatic rings. The summed E-state index contributed by atoms with van der Waals surface area (Å²) in [6, 6.07) is 20.2. The van der Waals surface area contributed by atoms with E-state index in [-0.39, 0.29) is 0 Å². The average molecular weight is 308 g/mol. The third kappa shape index (κ3) is 3.87. The van der Waals surface area contributed by atoms with E-state index >= 15 is 0 Å². The van der Waals surface area contributed by atoms with Crippen LogP contribution in [0, 0.1) is 11.3 Å². The maximum atomic E-state index is 9.23. The molecule has 2 aromatic rings. The van der Waals surface area contributed by atoms with Crippen molar-refractivity contribution >= 4 is 8.80 Å². The summed E-state index contributed by atoms with van der Waals surface area (Å²) in [4.78, 5) is 0. The van der Waals surface area contributed by atoms with E-state index in [1.165, 1.54) is 11.6 Å². The molecule has 0 amide bonds. The van der Waals surface area contributed by atoms with Gasteiger partial charge in [-0.15, -0.1) is 0 Å². The first-order chi connectivity index (χ1) is 10.5. The van der Waals surface area contributed by atoms with E-state index in [9.17, 15) is 5.26 Å². The molecule has 22 heavy (non-hydrogen) atoms. The molecule has 2 rings (SSSR count). The second kappa shape index (κ2) is 7.42. The van der Waals surface area contributed by atoms with Crippen LogP contribution in [0.1, 0.15) is 38.8 Å². The molecule has 0 saturated carbocycles. The summed E-state index contributed by atoms with van der Waals surface area (Å²) in [5.74, 6) is 0. The Balaban J connectivity index is 2.22. The molecule has 0 N–H and O–H groups in total. The van der Waals surface area contributed by atoms with Gasteiger partial charge < -0.3 is 0 Å². The standard InChI is InChI=1S/C20H25NSi/c1-15(2)22(16(3)4)14-17-9-11-18(12-10-17)20-8-6-5-7-19(20)13-21/h5-12,15-16,22H,14H2,1-4H3. The van der Waals surface area contributed by atoms with Crippen molar-refractivity contribution in [2.75, 3.05) is 0 Å². The van der Waals surface area contributed by atoms with Gasteiger partial charge in [-0.25, -0.2) is 0 Å². The Hall–Kier alpha value is -1.85. The first-order valence-corrected chi connectivity index (χ1v) is 10.3. The van der Waals surface area contributed by atoms with Crippen LogP contribution in [0.5, 0.6) is 0 Å². The minimum Gasteiger partial charge on any atom is -0.192 e. The van der Waals surface area contributed by atoms with Crippen LogP contribution in [-0.4, -0.2) is 8.80 Å². The first-order valence-electron chi connectivity index (χ1n) is 8.11. The number of benzene rings is 2. The molecule has 0 aromatic heterocycles. The molecule has 2 aromatic carbocycles. The second-order valence-corrected chi connectivity index (χ2v) is 11.1. The minimum atomic E-state index is -0.765. The Bertz CT molecular complexity index is 642. The van der Waals surface area contributed by atoms with Gasteiger partial charge in [0.25, 0.3) is 0 Å². The number of hydrogen-bond acceptors (Lipinski definition) is 1. The molecule has 2 heteroatoms. The van der Waals surface area contributed by atoms with Gasteiger partial charge in [-0.1, -0.05) is 86.8 Å². The second-order valence-electron chi connectivity index (χ2n) is 6.71. The molecule has 0 unspecified atom stereocenters. The molecular weight excluding hydrogens is 282 g/mol. The molecule has 0 bridgehead atoms. The van der Waals surface area contributed by atoms with Crippen LogP contribution in [0.4, 0.5) is 0 Å². The maximum absolute atomic E-state index is 9.23. The summed E-state index contributed by atoms with van der Waals surface area (Å²) < 4.78 is 0. The Labute approximate surface area is 136 Å². The highest BCUT2D eigenvalue weighted by Crippen LogP contribution is 2.26. The van der Waals surface area contributed by atoms with Crippen LogP contribution in [-0.2, 0) is 6.04 Å². The number of nitriles is 1. The zero-order chi connectivity index (χ0) is 16.1. The van der Waals surface area contributed by atoms with Crippen LogP contribution in [0.25, 0.3) is 11.1 Å². The predicted molar refractivity (Wildman–Crippen MR) is 97.6 cm³/mol. The zero-order valence-corrected chi connectivity index (χ0v) is 15.2. The highest BCUT2D eigenvalue weighted by molar-refractivity contribution is 6.61. The molecule has 0 radical (unpaired) electrons. The van der Waals surface area contributed by atoms with E-state index in [0.29, 0.717) is 0 Å². The largest absolute Gasteiger partial charge is 0.192 e. The average Bonchev–Trinajstić information content (AvgIpc) is 2.52. The molecule has 0 spiro atoms. The van der Waals surface area contributed by atoms with E-state index in [0.717, 1.165) is 27.8 Å². The lowest BCUT2D eigenvalue weighted by atomic mass is 10.00. The fourth-order valence-electron chi connectivity index (χ4n) is 3.17. The molecular formula is C20H25NSi. The van der Waals surface area contributed by atoms with E-state index in [1.54, 1.807) is 0 Å². The lowest BCUT2D eigenvalue weighted by Gasteiger charge is -2.23. The van der Waals surface area contributed by atoms with Crippen molar-refractivity contribution in [3.05, 3.63) is 59.7 Å². The van der Waals surface area contributed by atoms with E-state index in [1.807, 2.05) is 24.3 Å². The van der Waals surface area contributed by atoms with Gasteiger partial charge in [0.1, 0.15) is 0 Å². The Morgan fingerprint density at radius 2 is 1.50 bits per heavy atom. The van der Waals surface area contributed by atoms with Crippen molar-refractivity contribution in [2.45, 2.75) is 44.8 Å². The van der Waals surface area contributed by atoms with Crippen LogP contribution in [0.2, 0.25) is 11.1 Å². The summed E-state index contributed by atoms with van der Waals surface area (Å²) in [5, 5.41) is 9.23. The van der Waals surface area contributed by atoms with Gasteiger partial charge in [0.05, 0.1) is 11.6 Å². The number of hydrogen-bond donors (Lipinski definition) is 0. The van der Waals surface area contributed by atoms with Gasteiger partial charge in [0.15, 0.2) is 0 Å². The summed E-state index contributed by atoms with van der Waals surface area (Å²) in [6.07, 6.45) is 0. The quantitative estimate of drug-likeness (QED) is 0.683. The van der Waals surface area contributed by atoms with Crippen molar-refractivity contribution < 1.29 is 0 Å². The third-order valence-electron chi connectivity index (χ3n) is 4.50. The van der Waals surface area contributed by atoms with Gasteiger partial charge in [0.2, 0.25) is 0 Å². The Morgan fingerprint density at radius 3 is 2.05 bits per heavy atom. The minimum absolute atomic E-state index is 0.742. The molecule has 0 aliphatic heterocycles. The van der Waals surface area contributed by atoms with Gasteiger partial charge in [-0.3, -0.25) is 0 Å².